The topological polar surface area (TPSA) is 6.48 Å². The Morgan fingerprint density at radius 2 is 0.863 bits per heavy atom. The lowest BCUT2D eigenvalue weighted by Gasteiger charge is -2.28. The number of benzene rings is 9. The van der Waals surface area contributed by atoms with Crippen molar-refractivity contribution in [3.8, 4) is 33.4 Å². The second kappa shape index (κ2) is 29.3. The van der Waals surface area contributed by atoms with E-state index in [1.165, 1.54) is 72.5 Å². The Hall–Kier alpha value is -8.71. The number of fused-ring (bicyclic) bond motifs is 1. The van der Waals surface area contributed by atoms with Gasteiger partial charge in [-0.15, -0.1) is 0 Å². The Labute approximate surface area is 492 Å². The fourth-order valence-corrected chi connectivity index (χ4v) is 9.82. The number of hydrogen-bond donors (Lipinski definition) is 0. The molecule has 0 spiro atoms. The zero-order valence-corrected chi connectivity index (χ0v) is 49.0. The Morgan fingerprint density at radius 1 is 0.463 bits per heavy atom. The van der Waals surface area contributed by atoms with Crippen LogP contribution in [0.15, 0.2) is 323 Å². The molecule has 1 aliphatic carbocycles. The third-order valence-electron chi connectivity index (χ3n) is 14.0. The Kier molecular flexibility index (Phi) is 21.6. The van der Waals surface area contributed by atoms with Crippen LogP contribution in [-0.2, 0) is 5.41 Å². The molecule has 0 aliphatic heterocycles. The van der Waals surface area contributed by atoms with Gasteiger partial charge in [0.2, 0.25) is 0 Å². The molecule has 0 unspecified atom stereocenters. The summed E-state index contributed by atoms with van der Waals surface area (Å²) >= 11 is 1.65. The summed E-state index contributed by atoms with van der Waals surface area (Å²) in [6.07, 6.45) is 15.6. The second-order valence-corrected chi connectivity index (χ2v) is 19.6. The number of halogens is 1. The molecule has 4 heteroatoms. The zero-order chi connectivity index (χ0) is 56.9. The Morgan fingerprint density at radius 3 is 1.32 bits per heavy atom. The van der Waals surface area contributed by atoms with Crippen molar-refractivity contribution in [1.29, 1.82) is 0 Å². The molecule has 0 saturated carbocycles. The molecule has 394 valence electrons. The van der Waals surface area contributed by atoms with Crippen molar-refractivity contribution in [2.45, 2.75) is 40.0 Å². The molecular formula is C76H70BIN2. The summed E-state index contributed by atoms with van der Waals surface area (Å²) in [4.78, 5) is 4.69. The first-order valence-electron chi connectivity index (χ1n) is 26.9. The van der Waals surface area contributed by atoms with E-state index in [0.717, 1.165) is 34.0 Å². The van der Waals surface area contributed by atoms with Crippen LogP contribution in [0.5, 0.6) is 0 Å². The van der Waals surface area contributed by atoms with Gasteiger partial charge in [0.05, 0.1) is 5.69 Å². The first kappa shape index (κ1) is 59.0. The average Bonchev–Trinajstić information content (AvgIpc) is 3.97. The van der Waals surface area contributed by atoms with Crippen molar-refractivity contribution in [1.82, 2.24) is 0 Å². The van der Waals surface area contributed by atoms with E-state index >= 15 is 0 Å². The number of hydrogen-bond acceptors (Lipinski definition) is 2. The summed E-state index contributed by atoms with van der Waals surface area (Å²) in [5.74, 6) is 0. The highest BCUT2D eigenvalue weighted by Gasteiger charge is 2.39. The maximum atomic E-state index is 4.48. The normalized spacial score (nSPS) is 12.7. The molecule has 0 amide bonds. The van der Waals surface area contributed by atoms with Crippen LogP contribution in [0.2, 0.25) is 0 Å². The standard InChI is InChI=1S/C38H33N.C32H29N.C6H8.BI/c1-4-30(19-18-29(2)3)33-20-24-36(25-21-33)39(37-26-22-34(23-27-37)31-12-7-5-8-13-31)38-17-11-16-35(28-38)32-14-9-6-10-15-32;1-5-28-23(2)32(3,4)29-17-12-18-30(31(28)29)33(26-15-10-7-11-16-26)27-21-19-25(20-22-27)24-13-8-6-9-14-24;1-3-5-6-4-2;1-2/h4-28H,2H2,1,3H3;5-22H,2H2,1,3-4H3;3-6H,1-2H2;/b19-18-,30-4+;28-5+;6-5-;. The van der Waals surface area contributed by atoms with Gasteiger partial charge in [0.1, 0.15) is 0 Å². The Bertz CT molecular complexity index is 3580. The summed E-state index contributed by atoms with van der Waals surface area (Å²) in [5.41, 5.74) is 26.9. The van der Waals surface area contributed by atoms with Crippen molar-refractivity contribution in [3.05, 3.63) is 339 Å². The first-order chi connectivity index (χ1) is 39.1. The number of rotatable bonds is 14. The predicted octanol–water partition coefficient (Wildman–Crippen LogP) is 22.5. The smallest absolute Gasteiger partial charge is 0.169 e. The molecule has 2 radical (unpaired) electrons. The lowest BCUT2D eigenvalue weighted by Crippen LogP contribution is -2.15. The minimum Gasteiger partial charge on any atom is -0.310 e. The number of allylic oxidation sites excluding steroid dienone is 12. The van der Waals surface area contributed by atoms with Gasteiger partial charge in [-0.3, -0.25) is 0 Å². The number of anilines is 6. The SMILES string of the molecule is C=C(C)/C=C\C(=C/C)c1ccc(N(c2ccc(-c3ccccc3)cc2)c2cccc(-c3ccccc3)c2)cc1.C=C/C=C\C=C.C=C1/C(=C\C)c2c(N(c3ccccc3)c3ccc(-c4ccccc4)cc3)cccc2C1(C)C.[B]I. The quantitative estimate of drug-likeness (QED) is 0.0608. The van der Waals surface area contributed by atoms with Gasteiger partial charge in [-0.1, -0.05) is 264 Å². The molecule has 0 heterocycles. The average molecular weight is 1150 g/mol. The molecule has 10 rings (SSSR count). The maximum Gasteiger partial charge on any atom is 0.169 e. The highest BCUT2D eigenvalue weighted by molar-refractivity contribution is 14.1. The van der Waals surface area contributed by atoms with Crippen LogP contribution in [0.3, 0.4) is 0 Å². The maximum absolute atomic E-state index is 4.48. The van der Waals surface area contributed by atoms with E-state index in [1.807, 2.05) is 19.1 Å². The number of nitrogens with zero attached hydrogens (tertiary/aromatic N) is 2. The van der Waals surface area contributed by atoms with E-state index in [2.05, 4.69) is 330 Å². The van der Waals surface area contributed by atoms with Gasteiger partial charge in [0.25, 0.3) is 0 Å². The summed E-state index contributed by atoms with van der Waals surface area (Å²) in [6.45, 7) is 26.1. The van der Waals surface area contributed by atoms with Crippen LogP contribution in [-0.4, -0.2) is 5.70 Å². The van der Waals surface area contributed by atoms with E-state index in [-0.39, 0.29) is 5.41 Å². The largest absolute Gasteiger partial charge is 0.310 e. The molecule has 0 N–H and O–H groups in total. The molecule has 0 saturated heterocycles. The highest BCUT2D eigenvalue weighted by Crippen LogP contribution is 2.54. The predicted molar refractivity (Wildman–Crippen MR) is 361 cm³/mol. The van der Waals surface area contributed by atoms with Crippen LogP contribution in [0.1, 0.15) is 51.3 Å². The van der Waals surface area contributed by atoms with Gasteiger partial charge in [-0.25, -0.2) is 0 Å². The summed E-state index contributed by atoms with van der Waals surface area (Å²) in [6, 6.07) is 84.1. The van der Waals surface area contributed by atoms with E-state index in [0.29, 0.717) is 0 Å². The van der Waals surface area contributed by atoms with E-state index in [9.17, 15) is 0 Å². The molecule has 0 atom stereocenters. The van der Waals surface area contributed by atoms with Crippen LogP contribution in [0, 0.1) is 0 Å². The lowest BCUT2D eigenvalue weighted by molar-refractivity contribution is 0.663. The summed E-state index contributed by atoms with van der Waals surface area (Å²) in [7, 11) is 0. The Balaban J connectivity index is 0.000000206. The fraction of sp³-hybridized carbons (Fsp3) is 0.0789. The minimum atomic E-state index is -0.0906. The van der Waals surface area contributed by atoms with E-state index in [1.54, 1.807) is 34.5 Å². The molecule has 80 heavy (non-hydrogen) atoms. The molecular weight excluding hydrogens is 1080 g/mol. The third kappa shape index (κ3) is 14.5. The second-order valence-electron chi connectivity index (χ2n) is 19.6. The van der Waals surface area contributed by atoms with Gasteiger partial charge in [-0.05, 0) is 149 Å². The fourth-order valence-electron chi connectivity index (χ4n) is 9.82. The molecule has 0 aromatic heterocycles. The molecule has 1 aliphatic rings. The molecule has 0 bridgehead atoms. The van der Waals surface area contributed by atoms with Crippen LogP contribution < -0.4 is 9.80 Å². The molecule has 0 fully saturated rings. The molecule has 9 aromatic rings. The van der Waals surface area contributed by atoms with Crippen molar-refractivity contribution in [2.75, 3.05) is 9.80 Å². The molecule has 9 aromatic carbocycles. The van der Waals surface area contributed by atoms with Crippen LogP contribution >= 0.6 is 22.4 Å². The lowest BCUT2D eigenvalue weighted by atomic mass is 9.83. The van der Waals surface area contributed by atoms with Gasteiger partial charge in [-0.2, -0.15) is 22.4 Å². The van der Waals surface area contributed by atoms with Crippen LogP contribution in [0.25, 0.3) is 44.5 Å². The first-order valence-corrected chi connectivity index (χ1v) is 28.1. The zero-order valence-electron chi connectivity index (χ0n) is 46.8. The van der Waals surface area contributed by atoms with Crippen molar-refractivity contribution in [2.24, 2.45) is 0 Å². The van der Waals surface area contributed by atoms with E-state index in [4.69, 9.17) is 0 Å². The van der Waals surface area contributed by atoms with Gasteiger partial charge < -0.3 is 9.80 Å². The van der Waals surface area contributed by atoms with Crippen LogP contribution in [0.4, 0.5) is 34.1 Å². The summed E-state index contributed by atoms with van der Waals surface area (Å²) < 4.78 is 0. The third-order valence-corrected chi connectivity index (χ3v) is 14.0. The minimum absolute atomic E-state index is 0.0906. The van der Waals surface area contributed by atoms with Gasteiger partial charge in [0.15, 0.2) is 5.70 Å². The van der Waals surface area contributed by atoms with Gasteiger partial charge >= 0.3 is 0 Å². The van der Waals surface area contributed by atoms with E-state index < -0.39 is 0 Å². The van der Waals surface area contributed by atoms with Crippen molar-refractivity contribution in [3.63, 3.8) is 0 Å². The monoisotopic (exact) mass is 1150 g/mol. The molecule has 2 nitrogen and oxygen atoms in total. The van der Waals surface area contributed by atoms with Crippen molar-refractivity contribution >= 4 is 73.3 Å². The van der Waals surface area contributed by atoms with Gasteiger partial charge in [0, 0.05) is 39.4 Å². The number of para-hydroxylation sites is 1. The van der Waals surface area contributed by atoms with Crippen molar-refractivity contribution < 1.29 is 0 Å². The highest BCUT2D eigenvalue weighted by atomic mass is 127. The summed E-state index contributed by atoms with van der Waals surface area (Å²) in [5, 5.41) is 0.